The van der Waals surface area contributed by atoms with Crippen LogP contribution in [0.5, 0.6) is 0 Å². The number of carbonyl (C=O) groups excluding carboxylic acids is 1. The van der Waals surface area contributed by atoms with E-state index in [1.54, 1.807) is 0 Å². The topological polar surface area (TPSA) is 91.6 Å². The molecule has 2 rings (SSSR count). The summed E-state index contributed by atoms with van der Waals surface area (Å²) in [4.78, 5) is 37.0. The highest BCUT2D eigenvalue weighted by Gasteiger charge is 2.31. The highest BCUT2D eigenvalue weighted by molar-refractivity contribution is 5.93. The maximum atomic E-state index is 13.0. The second kappa shape index (κ2) is 7.14. The Hall–Kier alpha value is -3.30. The molecule has 1 aromatic heterocycles. The number of aromatic carboxylic acids is 1. The largest absolute Gasteiger partial charge is 0.477 e. The number of pyridine rings is 1. The average molecular weight is 383 g/mol. The molecule has 0 saturated heterocycles. The lowest BCUT2D eigenvalue weighted by Gasteiger charge is -2.19. The Labute approximate surface area is 151 Å². The Morgan fingerprint density at radius 3 is 2.33 bits per heavy atom. The minimum Gasteiger partial charge on any atom is -0.477 e. The van der Waals surface area contributed by atoms with E-state index in [0.717, 1.165) is 28.8 Å². The molecule has 0 aliphatic rings. The van der Waals surface area contributed by atoms with Gasteiger partial charge in [0.05, 0.1) is 11.3 Å². The van der Waals surface area contributed by atoms with E-state index in [9.17, 15) is 32.7 Å². The van der Waals surface area contributed by atoms with Crippen LogP contribution in [0.2, 0.25) is 0 Å². The number of urea groups is 1. The second-order valence-electron chi connectivity index (χ2n) is 5.88. The van der Waals surface area contributed by atoms with Gasteiger partial charge in [0.1, 0.15) is 5.56 Å². The van der Waals surface area contributed by atoms with E-state index in [0.29, 0.717) is 0 Å². The fourth-order valence-corrected chi connectivity index (χ4v) is 2.34. The van der Waals surface area contributed by atoms with Gasteiger partial charge < -0.3 is 15.3 Å². The van der Waals surface area contributed by atoms with Crippen molar-refractivity contribution in [2.45, 2.75) is 13.1 Å². The van der Waals surface area contributed by atoms with Crippen LogP contribution < -0.4 is 10.9 Å². The van der Waals surface area contributed by atoms with Crippen LogP contribution in [0.15, 0.2) is 35.1 Å². The van der Waals surface area contributed by atoms with Gasteiger partial charge in [-0.05, 0) is 31.2 Å². The maximum absolute atomic E-state index is 13.0. The van der Waals surface area contributed by atoms with Crippen molar-refractivity contribution < 1.29 is 27.9 Å². The third kappa shape index (κ3) is 4.10. The van der Waals surface area contributed by atoms with Crippen LogP contribution in [-0.4, -0.2) is 40.7 Å². The molecule has 0 bridgehead atoms. The van der Waals surface area contributed by atoms with E-state index in [-0.39, 0.29) is 17.1 Å². The molecule has 2 aromatic rings. The molecule has 144 valence electrons. The summed E-state index contributed by atoms with van der Waals surface area (Å²) in [5.41, 5.74) is -2.79. The van der Waals surface area contributed by atoms with Gasteiger partial charge in [-0.3, -0.25) is 9.36 Å². The molecule has 2 amide bonds. The van der Waals surface area contributed by atoms with Crippen LogP contribution in [0.3, 0.4) is 0 Å². The normalized spacial score (nSPS) is 11.2. The SMILES string of the molecule is Cc1c(NC(=O)N(C)C)cc(C(=O)O)c(=O)n1-c1cccc(C(F)(F)F)c1. The molecule has 27 heavy (non-hydrogen) atoms. The summed E-state index contributed by atoms with van der Waals surface area (Å²) in [6, 6.07) is 4.30. The minimum atomic E-state index is -4.64. The highest BCUT2D eigenvalue weighted by atomic mass is 19.4. The first-order valence-electron chi connectivity index (χ1n) is 7.59. The van der Waals surface area contributed by atoms with Crippen molar-refractivity contribution in [2.75, 3.05) is 19.4 Å². The number of benzene rings is 1. The number of hydrogen-bond donors (Lipinski definition) is 2. The Morgan fingerprint density at radius 1 is 1.19 bits per heavy atom. The number of carboxylic acid groups (broad SMARTS) is 1. The molecule has 2 N–H and O–H groups in total. The number of alkyl halides is 3. The lowest BCUT2D eigenvalue weighted by molar-refractivity contribution is -0.137. The fourth-order valence-electron chi connectivity index (χ4n) is 2.34. The summed E-state index contributed by atoms with van der Waals surface area (Å²) in [6.07, 6.45) is -4.64. The Kier molecular flexibility index (Phi) is 5.29. The molecule has 0 atom stereocenters. The van der Waals surface area contributed by atoms with Crippen molar-refractivity contribution in [1.29, 1.82) is 0 Å². The van der Waals surface area contributed by atoms with Crippen molar-refractivity contribution in [3.63, 3.8) is 0 Å². The number of carbonyl (C=O) groups is 2. The van der Waals surface area contributed by atoms with Crippen molar-refractivity contribution in [1.82, 2.24) is 9.47 Å². The van der Waals surface area contributed by atoms with Crippen LogP contribution in [0.1, 0.15) is 21.6 Å². The van der Waals surface area contributed by atoms with Crippen molar-refractivity contribution in [2.24, 2.45) is 0 Å². The van der Waals surface area contributed by atoms with Crippen LogP contribution in [0.25, 0.3) is 5.69 Å². The van der Waals surface area contributed by atoms with Gasteiger partial charge in [0, 0.05) is 25.5 Å². The number of rotatable bonds is 3. The van der Waals surface area contributed by atoms with Crippen molar-refractivity contribution >= 4 is 17.7 Å². The quantitative estimate of drug-likeness (QED) is 0.853. The van der Waals surface area contributed by atoms with E-state index in [1.807, 2.05) is 0 Å². The van der Waals surface area contributed by atoms with Gasteiger partial charge in [0.15, 0.2) is 0 Å². The summed E-state index contributed by atoms with van der Waals surface area (Å²) in [7, 11) is 2.90. The predicted molar refractivity (Wildman–Crippen MR) is 91.4 cm³/mol. The van der Waals surface area contributed by atoms with Crippen LogP contribution in [0.4, 0.5) is 23.7 Å². The van der Waals surface area contributed by atoms with E-state index in [1.165, 1.54) is 32.0 Å². The molecular weight excluding hydrogens is 367 g/mol. The van der Waals surface area contributed by atoms with Gasteiger partial charge in [-0.1, -0.05) is 6.07 Å². The van der Waals surface area contributed by atoms with E-state index in [4.69, 9.17) is 0 Å². The first-order valence-corrected chi connectivity index (χ1v) is 7.59. The Morgan fingerprint density at radius 2 is 1.81 bits per heavy atom. The number of halogens is 3. The number of aromatic nitrogens is 1. The molecule has 0 saturated carbocycles. The van der Waals surface area contributed by atoms with Gasteiger partial charge in [0.2, 0.25) is 0 Å². The monoisotopic (exact) mass is 383 g/mol. The van der Waals surface area contributed by atoms with Gasteiger partial charge in [-0.15, -0.1) is 0 Å². The zero-order chi connectivity index (χ0) is 20.5. The Bertz CT molecular complexity index is 965. The highest BCUT2D eigenvalue weighted by Crippen LogP contribution is 2.30. The van der Waals surface area contributed by atoms with Gasteiger partial charge in [-0.25, -0.2) is 9.59 Å². The molecule has 1 aromatic carbocycles. The first-order chi connectivity index (χ1) is 12.4. The number of nitrogens with one attached hydrogen (secondary N) is 1. The minimum absolute atomic E-state index is 0.0110. The average Bonchev–Trinajstić information content (AvgIpc) is 2.56. The van der Waals surface area contributed by atoms with Crippen molar-refractivity contribution in [3.8, 4) is 5.69 Å². The van der Waals surface area contributed by atoms with Crippen LogP contribution >= 0.6 is 0 Å². The third-order valence-electron chi connectivity index (χ3n) is 3.76. The van der Waals surface area contributed by atoms with E-state index in [2.05, 4.69) is 5.32 Å². The molecule has 0 radical (unpaired) electrons. The summed E-state index contributed by atoms with van der Waals surface area (Å²) in [6.45, 7) is 1.39. The summed E-state index contributed by atoms with van der Waals surface area (Å²) >= 11 is 0. The molecular formula is C17H16F3N3O4. The fraction of sp³-hybridized carbons (Fsp3) is 0.235. The molecule has 0 unspecified atom stereocenters. The molecule has 1 heterocycles. The molecule has 10 heteroatoms. The van der Waals surface area contributed by atoms with Crippen molar-refractivity contribution in [3.05, 3.63) is 57.5 Å². The standard InChI is InChI=1S/C17H16F3N3O4/c1-9-13(21-16(27)22(2)3)8-12(15(25)26)14(24)23(9)11-6-4-5-10(7-11)17(18,19)20/h4-8H,1-3H3,(H,21,27)(H,25,26). The van der Waals surface area contributed by atoms with Crippen LogP contribution in [-0.2, 0) is 6.18 Å². The third-order valence-corrected chi connectivity index (χ3v) is 3.76. The maximum Gasteiger partial charge on any atom is 0.416 e. The zero-order valence-corrected chi connectivity index (χ0v) is 14.6. The number of hydrogen-bond acceptors (Lipinski definition) is 3. The van der Waals surface area contributed by atoms with Gasteiger partial charge in [0.25, 0.3) is 5.56 Å². The lowest BCUT2D eigenvalue weighted by Crippen LogP contribution is -2.32. The van der Waals surface area contributed by atoms with Gasteiger partial charge >= 0.3 is 18.2 Å². The number of nitrogens with zero attached hydrogens (tertiary/aromatic N) is 2. The van der Waals surface area contributed by atoms with E-state index < -0.39 is 34.9 Å². The Balaban J connectivity index is 2.76. The summed E-state index contributed by atoms with van der Waals surface area (Å²) in [5.74, 6) is -1.57. The first kappa shape index (κ1) is 20.0. The summed E-state index contributed by atoms with van der Waals surface area (Å²) in [5, 5.41) is 11.7. The molecule has 0 aliphatic heterocycles. The second-order valence-corrected chi connectivity index (χ2v) is 5.88. The number of anilines is 1. The lowest BCUT2D eigenvalue weighted by atomic mass is 10.1. The number of amides is 2. The molecule has 7 nitrogen and oxygen atoms in total. The predicted octanol–water partition coefficient (Wildman–Crippen LogP) is 2.96. The zero-order valence-electron chi connectivity index (χ0n) is 14.6. The summed E-state index contributed by atoms with van der Waals surface area (Å²) < 4.78 is 39.8. The van der Waals surface area contributed by atoms with Gasteiger partial charge in [-0.2, -0.15) is 13.2 Å². The molecule has 0 spiro atoms. The molecule has 0 fully saturated rings. The van der Waals surface area contributed by atoms with E-state index >= 15 is 0 Å². The smallest absolute Gasteiger partial charge is 0.416 e. The number of carboxylic acids is 1. The van der Waals surface area contributed by atoms with Crippen LogP contribution in [0, 0.1) is 6.92 Å². The molecule has 0 aliphatic carbocycles.